The molecule has 2 rings (SSSR count). The maximum absolute atomic E-state index is 11.6. The molecule has 1 aliphatic heterocycles. The van der Waals surface area contributed by atoms with Crippen LogP contribution in [0.3, 0.4) is 0 Å². The second-order valence-electron chi connectivity index (χ2n) is 3.31. The van der Waals surface area contributed by atoms with Crippen molar-refractivity contribution in [2.75, 3.05) is 11.4 Å². The van der Waals surface area contributed by atoms with Crippen LogP contribution in [-0.2, 0) is 11.8 Å². The normalized spacial score (nSPS) is 21.6. The van der Waals surface area contributed by atoms with Gasteiger partial charge in [0.15, 0.2) is 0 Å². The van der Waals surface area contributed by atoms with Gasteiger partial charge >= 0.3 is 0 Å². The van der Waals surface area contributed by atoms with E-state index in [1.807, 2.05) is 0 Å². The molecule has 74 valence electrons. The summed E-state index contributed by atoms with van der Waals surface area (Å²) in [5, 5.41) is 11.0. The highest BCUT2D eigenvalue weighted by Crippen LogP contribution is 2.22. The van der Waals surface area contributed by atoms with Crippen LogP contribution >= 0.6 is 0 Å². The summed E-state index contributed by atoms with van der Waals surface area (Å²) in [6.45, 7) is 4.30. The third-order valence-corrected chi connectivity index (χ3v) is 2.33. The number of hydrogen-bond acceptors (Lipinski definition) is 4. The minimum Gasteiger partial charge on any atom is -0.279 e. The molecule has 0 spiro atoms. The number of carbonyl (C=O) groups is 1. The smallest absolute Gasteiger partial charge is 0.251 e. The van der Waals surface area contributed by atoms with Gasteiger partial charge in [-0.1, -0.05) is 11.2 Å². The van der Waals surface area contributed by atoms with Gasteiger partial charge in [-0.25, -0.2) is 4.68 Å². The lowest BCUT2D eigenvalue weighted by Crippen LogP contribution is -2.27. The van der Waals surface area contributed by atoms with Crippen LogP contribution in [0.25, 0.3) is 0 Å². The number of aromatic nitrogens is 4. The van der Waals surface area contributed by atoms with Crippen LogP contribution in [0.1, 0.15) is 6.42 Å². The molecular weight excluding hydrogens is 182 g/mol. The van der Waals surface area contributed by atoms with E-state index in [0.29, 0.717) is 18.9 Å². The van der Waals surface area contributed by atoms with E-state index >= 15 is 0 Å². The Kier molecular flexibility index (Phi) is 2.03. The predicted octanol–water partition coefficient (Wildman–Crippen LogP) is -0.251. The van der Waals surface area contributed by atoms with Crippen LogP contribution in [0, 0.1) is 5.92 Å². The molecule has 1 atom stereocenters. The summed E-state index contributed by atoms with van der Waals surface area (Å²) in [6, 6.07) is 0. The monoisotopic (exact) mass is 193 g/mol. The molecule has 1 fully saturated rings. The molecule has 0 radical (unpaired) electrons. The molecule has 0 aromatic carbocycles. The fraction of sp³-hybridized carbons (Fsp3) is 0.500. The molecule has 1 saturated heterocycles. The van der Waals surface area contributed by atoms with Crippen molar-refractivity contribution in [1.29, 1.82) is 0 Å². The van der Waals surface area contributed by atoms with E-state index < -0.39 is 0 Å². The van der Waals surface area contributed by atoms with Crippen molar-refractivity contribution in [3.8, 4) is 0 Å². The summed E-state index contributed by atoms with van der Waals surface area (Å²) in [7, 11) is 1.71. The Morgan fingerprint density at radius 3 is 2.93 bits per heavy atom. The fourth-order valence-electron chi connectivity index (χ4n) is 1.54. The summed E-state index contributed by atoms with van der Waals surface area (Å²) in [4.78, 5) is 13.2. The number of carbonyl (C=O) groups excluding carboxylic acids is 1. The first-order valence-electron chi connectivity index (χ1n) is 4.37. The Balaban J connectivity index is 2.24. The maximum Gasteiger partial charge on any atom is 0.251 e. The molecule has 6 nitrogen and oxygen atoms in total. The van der Waals surface area contributed by atoms with Gasteiger partial charge in [-0.05, 0) is 10.4 Å². The standard InChI is InChI=1S/C8H11N5O/c1-3-6-4-7(14)13(5-6)8-9-10-11-12(8)2/h3,6H,1,4-5H2,2H3. The molecule has 1 aromatic heterocycles. The van der Waals surface area contributed by atoms with Gasteiger partial charge in [-0.15, -0.1) is 6.58 Å². The Morgan fingerprint density at radius 2 is 2.43 bits per heavy atom. The Labute approximate surface area is 81.2 Å². The van der Waals surface area contributed by atoms with Gasteiger partial charge < -0.3 is 0 Å². The zero-order chi connectivity index (χ0) is 10.1. The molecule has 1 amide bonds. The molecule has 1 unspecified atom stereocenters. The van der Waals surface area contributed by atoms with Gasteiger partial charge in [0.2, 0.25) is 5.91 Å². The van der Waals surface area contributed by atoms with E-state index in [2.05, 4.69) is 22.1 Å². The first-order valence-corrected chi connectivity index (χ1v) is 4.37. The molecule has 2 heterocycles. The predicted molar refractivity (Wildman–Crippen MR) is 49.5 cm³/mol. The number of nitrogens with zero attached hydrogens (tertiary/aromatic N) is 5. The van der Waals surface area contributed by atoms with E-state index in [4.69, 9.17) is 0 Å². The van der Waals surface area contributed by atoms with Crippen LogP contribution in [0.5, 0.6) is 0 Å². The Bertz CT molecular complexity index is 372. The summed E-state index contributed by atoms with van der Waals surface area (Å²) >= 11 is 0. The van der Waals surface area contributed by atoms with Crippen molar-refractivity contribution in [1.82, 2.24) is 20.2 Å². The van der Waals surface area contributed by atoms with E-state index in [1.54, 1.807) is 18.0 Å². The maximum atomic E-state index is 11.6. The molecule has 0 N–H and O–H groups in total. The largest absolute Gasteiger partial charge is 0.279 e. The minimum atomic E-state index is 0.0489. The van der Waals surface area contributed by atoms with Crippen LogP contribution in [0.15, 0.2) is 12.7 Å². The van der Waals surface area contributed by atoms with Crippen LogP contribution in [0.4, 0.5) is 5.95 Å². The third-order valence-electron chi connectivity index (χ3n) is 2.33. The zero-order valence-electron chi connectivity index (χ0n) is 7.92. The number of tetrazole rings is 1. The minimum absolute atomic E-state index is 0.0489. The zero-order valence-corrected chi connectivity index (χ0v) is 7.92. The first-order chi connectivity index (χ1) is 6.72. The number of hydrogen-bond donors (Lipinski definition) is 0. The van der Waals surface area contributed by atoms with Crippen LogP contribution in [0.2, 0.25) is 0 Å². The number of anilines is 1. The van der Waals surface area contributed by atoms with E-state index in [9.17, 15) is 4.79 Å². The lowest BCUT2D eigenvalue weighted by atomic mass is 10.1. The summed E-state index contributed by atoms with van der Waals surface area (Å²) < 4.78 is 1.49. The van der Waals surface area contributed by atoms with Gasteiger partial charge in [0.25, 0.3) is 5.95 Å². The molecule has 1 aromatic rings. The van der Waals surface area contributed by atoms with Crippen molar-refractivity contribution in [2.24, 2.45) is 13.0 Å². The lowest BCUT2D eigenvalue weighted by molar-refractivity contribution is -0.117. The van der Waals surface area contributed by atoms with Crippen molar-refractivity contribution >= 4 is 11.9 Å². The van der Waals surface area contributed by atoms with Gasteiger partial charge in [-0.3, -0.25) is 9.69 Å². The van der Waals surface area contributed by atoms with Gasteiger partial charge in [0, 0.05) is 25.9 Å². The summed E-state index contributed by atoms with van der Waals surface area (Å²) in [5.41, 5.74) is 0. The van der Waals surface area contributed by atoms with Crippen molar-refractivity contribution in [3.05, 3.63) is 12.7 Å². The Hall–Kier alpha value is -1.72. The highest BCUT2D eigenvalue weighted by molar-refractivity contribution is 5.94. The van der Waals surface area contributed by atoms with E-state index in [1.165, 1.54) is 4.68 Å². The quantitative estimate of drug-likeness (QED) is 0.607. The van der Waals surface area contributed by atoms with E-state index in [0.717, 1.165) is 0 Å². The number of rotatable bonds is 2. The first kappa shape index (κ1) is 8.86. The van der Waals surface area contributed by atoms with Crippen LogP contribution in [-0.4, -0.2) is 32.7 Å². The van der Waals surface area contributed by atoms with Crippen molar-refractivity contribution < 1.29 is 4.79 Å². The fourth-order valence-corrected chi connectivity index (χ4v) is 1.54. The van der Waals surface area contributed by atoms with Gasteiger partial charge in [0.05, 0.1) is 0 Å². The topological polar surface area (TPSA) is 63.9 Å². The molecule has 6 heteroatoms. The second-order valence-corrected chi connectivity index (χ2v) is 3.31. The van der Waals surface area contributed by atoms with Gasteiger partial charge in [-0.2, -0.15) is 0 Å². The lowest BCUT2D eigenvalue weighted by Gasteiger charge is -2.12. The number of aryl methyl sites for hydroxylation is 1. The van der Waals surface area contributed by atoms with E-state index in [-0.39, 0.29) is 11.8 Å². The van der Waals surface area contributed by atoms with Crippen molar-refractivity contribution in [3.63, 3.8) is 0 Å². The molecule has 0 saturated carbocycles. The number of amides is 1. The highest BCUT2D eigenvalue weighted by atomic mass is 16.2. The average Bonchev–Trinajstić information content (AvgIpc) is 2.72. The second kappa shape index (κ2) is 3.21. The molecular formula is C8H11N5O. The molecule has 0 aliphatic carbocycles. The summed E-state index contributed by atoms with van der Waals surface area (Å²) in [5.74, 6) is 0.756. The van der Waals surface area contributed by atoms with Crippen LogP contribution < -0.4 is 4.90 Å². The molecule has 14 heavy (non-hydrogen) atoms. The molecule has 0 bridgehead atoms. The summed E-state index contributed by atoms with van der Waals surface area (Å²) in [6.07, 6.45) is 2.29. The van der Waals surface area contributed by atoms with Crippen molar-refractivity contribution in [2.45, 2.75) is 6.42 Å². The Morgan fingerprint density at radius 1 is 1.64 bits per heavy atom. The average molecular weight is 193 g/mol. The van der Waals surface area contributed by atoms with Gasteiger partial charge in [0.1, 0.15) is 0 Å². The highest BCUT2D eigenvalue weighted by Gasteiger charge is 2.31. The molecule has 1 aliphatic rings. The SMILES string of the molecule is C=CC1CC(=O)N(c2nnnn2C)C1. The third kappa shape index (κ3) is 1.28.